The minimum atomic E-state index is -4.64. The molecule has 13 heavy (non-hydrogen) atoms. The van der Waals surface area contributed by atoms with Gasteiger partial charge in [0, 0.05) is 8.95 Å². The highest BCUT2D eigenvalue weighted by atomic mass is 79.9. The van der Waals surface area contributed by atoms with Gasteiger partial charge in [-0.3, -0.25) is 0 Å². The largest absolute Gasteiger partial charge is 0.466 e. The third-order valence-corrected chi connectivity index (χ3v) is 1.77. The standard InChI is InChI=1S/C6H4Br2.H3O4P/c7-5-2-1-3-6(8)4-5;1-5(2,3)4/h1-4H;(H3,1,2,3,4). The van der Waals surface area contributed by atoms with Gasteiger partial charge in [-0.15, -0.1) is 0 Å². The Morgan fingerprint density at radius 1 is 1.08 bits per heavy atom. The maximum Gasteiger partial charge on any atom is 0.466 e. The third-order valence-electron chi connectivity index (χ3n) is 0.787. The van der Waals surface area contributed by atoms with E-state index >= 15 is 0 Å². The molecule has 0 saturated carbocycles. The molecule has 0 unspecified atom stereocenters. The van der Waals surface area contributed by atoms with Crippen LogP contribution in [0.5, 0.6) is 0 Å². The summed E-state index contributed by atoms with van der Waals surface area (Å²) in [6, 6.07) is 7.96. The fourth-order valence-electron chi connectivity index (χ4n) is 0.460. The van der Waals surface area contributed by atoms with Gasteiger partial charge in [0.05, 0.1) is 0 Å². The quantitative estimate of drug-likeness (QED) is 0.636. The Kier molecular flexibility index (Phi) is 6.04. The lowest BCUT2D eigenvalue weighted by atomic mass is 10.4. The second-order valence-electron chi connectivity index (χ2n) is 1.95. The topological polar surface area (TPSA) is 77.8 Å². The second-order valence-corrected chi connectivity index (χ2v) is 4.81. The molecular weight excluding hydrogens is 327 g/mol. The van der Waals surface area contributed by atoms with E-state index in [9.17, 15) is 0 Å². The first-order valence-electron chi connectivity index (χ1n) is 2.98. The van der Waals surface area contributed by atoms with Crippen molar-refractivity contribution in [2.45, 2.75) is 0 Å². The molecule has 0 heterocycles. The Hall–Kier alpha value is 0.290. The highest BCUT2D eigenvalue weighted by Crippen LogP contribution is 2.25. The summed E-state index contributed by atoms with van der Waals surface area (Å²) in [6.45, 7) is 0. The molecule has 4 nitrogen and oxygen atoms in total. The summed E-state index contributed by atoms with van der Waals surface area (Å²) < 4.78 is 11.1. The molecule has 0 aromatic heterocycles. The zero-order chi connectivity index (χ0) is 10.5. The molecule has 0 atom stereocenters. The molecule has 0 aliphatic carbocycles. The number of hydrogen-bond acceptors (Lipinski definition) is 1. The Morgan fingerprint density at radius 2 is 1.38 bits per heavy atom. The molecule has 0 saturated heterocycles. The van der Waals surface area contributed by atoms with Crippen molar-refractivity contribution >= 4 is 39.7 Å². The van der Waals surface area contributed by atoms with E-state index in [1.165, 1.54) is 0 Å². The highest BCUT2D eigenvalue weighted by Gasteiger charge is 2.00. The molecule has 7 heteroatoms. The van der Waals surface area contributed by atoms with Crippen LogP contribution in [0.3, 0.4) is 0 Å². The second kappa shape index (κ2) is 5.90. The van der Waals surface area contributed by atoms with E-state index in [0.29, 0.717) is 0 Å². The van der Waals surface area contributed by atoms with Crippen LogP contribution in [0.15, 0.2) is 33.2 Å². The number of halogens is 2. The van der Waals surface area contributed by atoms with Gasteiger partial charge in [0.15, 0.2) is 0 Å². The molecule has 0 aliphatic rings. The summed E-state index contributed by atoms with van der Waals surface area (Å²) >= 11 is 6.66. The molecule has 0 fully saturated rings. The summed E-state index contributed by atoms with van der Waals surface area (Å²) in [5.74, 6) is 0. The first kappa shape index (κ1) is 13.3. The monoisotopic (exact) mass is 332 g/mol. The summed E-state index contributed by atoms with van der Waals surface area (Å²) in [6.07, 6.45) is 0. The van der Waals surface area contributed by atoms with E-state index in [1.54, 1.807) is 0 Å². The number of rotatable bonds is 0. The Balaban J connectivity index is 0.000000252. The molecule has 0 aliphatic heterocycles. The van der Waals surface area contributed by atoms with Gasteiger partial charge < -0.3 is 14.7 Å². The molecule has 0 bridgehead atoms. The van der Waals surface area contributed by atoms with Crippen LogP contribution in [0.4, 0.5) is 0 Å². The van der Waals surface area contributed by atoms with E-state index < -0.39 is 7.82 Å². The van der Waals surface area contributed by atoms with Gasteiger partial charge in [-0.2, -0.15) is 0 Å². The van der Waals surface area contributed by atoms with Crippen molar-refractivity contribution < 1.29 is 19.2 Å². The smallest absolute Gasteiger partial charge is 0.303 e. The van der Waals surface area contributed by atoms with Crippen molar-refractivity contribution in [3.63, 3.8) is 0 Å². The van der Waals surface area contributed by atoms with Crippen LogP contribution < -0.4 is 0 Å². The predicted molar refractivity (Wildman–Crippen MR) is 56.1 cm³/mol. The molecule has 0 spiro atoms. The number of benzene rings is 1. The first-order chi connectivity index (χ1) is 5.79. The third kappa shape index (κ3) is 12.3. The molecule has 0 amide bonds. The zero-order valence-corrected chi connectivity index (χ0v) is 10.3. The maximum atomic E-state index is 8.88. The SMILES string of the molecule is Brc1cccc(Br)c1.O=P(O)(O)O. The molecule has 3 N–H and O–H groups in total. The van der Waals surface area contributed by atoms with Crippen LogP contribution in [-0.4, -0.2) is 14.7 Å². The fraction of sp³-hybridized carbons (Fsp3) is 0. The number of hydrogen-bond donors (Lipinski definition) is 3. The first-order valence-corrected chi connectivity index (χ1v) is 6.13. The average Bonchev–Trinajstić information content (AvgIpc) is 1.81. The van der Waals surface area contributed by atoms with Gasteiger partial charge >= 0.3 is 7.82 Å². The predicted octanol–water partition coefficient (Wildman–Crippen LogP) is 2.28. The van der Waals surface area contributed by atoms with Crippen molar-refractivity contribution in [2.24, 2.45) is 0 Å². The van der Waals surface area contributed by atoms with E-state index in [0.717, 1.165) is 8.95 Å². The van der Waals surface area contributed by atoms with Gasteiger partial charge in [0.2, 0.25) is 0 Å². The molecule has 1 aromatic rings. The number of phosphoric acid groups is 1. The van der Waals surface area contributed by atoms with E-state index in [4.69, 9.17) is 19.2 Å². The van der Waals surface area contributed by atoms with Gasteiger partial charge in [-0.1, -0.05) is 37.9 Å². The Labute approximate surface area is 92.1 Å². The normalized spacial score (nSPS) is 10.2. The van der Waals surface area contributed by atoms with Gasteiger partial charge in [-0.05, 0) is 18.2 Å². The summed E-state index contributed by atoms with van der Waals surface area (Å²) in [4.78, 5) is 21.6. The Bertz CT molecular complexity index is 286. The molecule has 0 radical (unpaired) electrons. The van der Waals surface area contributed by atoms with Crippen LogP contribution >= 0.6 is 39.7 Å². The van der Waals surface area contributed by atoms with Gasteiger partial charge in [0.1, 0.15) is 0 Å². The van der Waals surface area contributed by atoms with Crippen LogP contribution in [0.1, 0.15) is 0 Å². The van der Waals surface area contributed by atoms with E-state index in [-0.39, 0.29) is 0 Å². The van der Waals surface area contributed by atoms with Crippen molar-refractivity contribution in [2.75, 3.05) is 0 Å². The van der Waals surface area contributed by atoms with Crippen molar-refractivity contribution in [3.05, 3.63) is 33.2 Å². The van der Waals surface area contributed by atoms with Crippen molar-refractivity contribution in [1.29, 1.82) is 0 Å². The van der Waals surface area contributed by atoms with Crippen LogP contribution in [-0.2, 0) is 4.57 Å². The molecular formula is C6H7Br2O4P. The average molecular weight is 334 g/mol. The van der Waals surface area contributed by atoms with Crippen LogP contribution in [0.2, 0.25) is 0 Å². The summed E-state index contributed by atoms with van der Waals surface area (Å²) in [5.41, 5.74) is 0. The van der Waals surface area contributed by atoms with E-state index in [1.807, 2.05) is 24.3 Å². The van der Waals surface area contributed by atoms with Crippen molar-refractivity contribution in [3.8, 4) is 0 Å². The van der Waals surface area contributed by atoms with Crippen LogP contribution in [0.25, 0.3) is 0 Å². The van der Waals surface area contributed by atoms with Gasteiger partial charge in [0.25, 0.3) is 0 Å². The molecule has 74 valence electrons. The highest BCUT2D eigenvalue weighted by molar-refractivity contribution is 9.11. The zero-order valence-electron chi connectivity index (χ0n) is 6.26. The molecule has 1 rings (SSSR count). The minimum Gasteiger partial charge on any atom is -0.303 e. The Morgan fingerprint density at radius 3 is 1.54 bits per heavy atom. The maximum absolute atomic E-state index is 8.88. The summed E-state index contributed by atoms with van der Waals surface area (Å²) in [7, 11) is -4.64. The minimum absolute atomic E-state index is 1.10. The summed E-state index contributed by atoms with van der Waals surface area (Å²) in [5, 5.41) is 0. The van der Waals surface area contributed by atoms with Crippen LogP contribution in [0, 0.1) is 0 Å². The van der Waals surface area contributed by atoms with E-state index in [2.05, 4.69) is 31.9 Å². The fourth-order valence-corrected chi connectivity index (χ4v) is 1.57. The molecule has 1 aromatic carbocycles. The lowest BCUT2D eigenvalue weighted by Crippen LogP contribution is -1.66. The van der Waals surface area contributed by atoms with Gasteiger partial charge in [-0.25, -0.2) is 4.57 Å². The lowest BCUT2D eigenvalue weighted by molar-refractivity contribution is 0.275. The lowest BCUT2D eigenvalue weighted by Gasteiger charge is -1.87. The van der Waals surface area contributed by atoms with Crippen molar-refractivity contribution in [1.82, 2.24) is 0 Å².